The summed E-state index contributed by atoms with van der Waals surface area (Å²) in [5.74, 6) is 0.814. The molecular formula is C19H15BrN4O2. The van der Waals surface area contributed by atoms with E-state index in [9.17, 15) is 4.79 Å². The summed E-state index contributed by atoms with van der Waals surface area (Å²) in [7, 11) is 0. The monoisotopic (exact) mass is 410 g/mol. The fraction of sp³-hybridized carbons (Fsp3) is 0.105. The van der Waals surface area contributed by atoms with Crippen LogP contribution in [0.3, 0.4) is 0 Å². The van der Waals surface area contributed by atoms with Crippen molar-refractivity contribution in [1.29, 1.82) is 0 Å². The van der Waals surface area contributed by atoms with Gasteiger partial charge in [-0.05, 0) is 42.8 Å². The molecule has 0 radical (unpaired) electrons. The van der Waals surface area contributed by atoms with Gasteiger partial charge >= 0.3 is 0 Å². The van der Waals surface area contributed by atoms with E-state index in [2.05, 4.69) is 31.3 Å². The minimum atomic E-state index is -0.244. The fourth-order valence-electron chi connectivity index (χ4n) is 2.73. The topological polar surface area (TPSA) is 73.0 Å². The number of furan rings is 1. The van der Waals surface area contributed by atoms with Gasteiger partial charge in [-0.1, -0.05) is 22.0 Å². The highest BCUT2D eigenvalue weighted by Crippen LogP contribution is 2.28. The molecule has 4 aromatic rings. The van der Waals surface area contributed by atoms with Crippen molar-refractivity contribution in [3.05, 3.63) is 76.3 Å². The van der Waals surface area contributed by atoms with Gasteiger partial charge in [0.2, 0.25) is 0 Å². The van der Waals surface area contributed by atoms with Gasteiger partial charge in [0.25, 0.3) is 5.91 Å². The number of nitrogens with one attached hydrogen (secondary N) is 1. The second-order valence-electron chi connectivity index (χ2n) is 5.85. The van der Waals surface area contributed by atoms with Crippen molar-refractivity contribution in [3.63, 3.8) is 0 Å². The van der Waals surface area contributed by atoms with Crippen LogP contribution in [-0.2, 0) is 6.54 Å². The Labute approximate surface area is 158 Å². The molecular weight excluding hydrogens is 396 g/mol. The maximum atomic E-state index is 12.5. The number of benzene rings is 1. The summed E-state index contributed by atoms with van der Waals surface area (Å²) in [5, 5.41) is 7.94. The molecule has 0 bridgehead atoms. The summed E-state index contributed by atoms with van der Waals surface area (Å²) in [6.07, 6.45) is 5.25. The third kappa shape index (κ3) is 3.13. The zero-order chi connectivity index (χ0) is 18.1. The molecule has 0 unspecified atom stereocenters. The van der Waals surface area contributed by atoms with Crippen LogP contribution in [-0.4, -0.2) is 20.7 Å². The molecule has 0 saturated carbocycles. The van der Waals surface area contributed by atoms with Crippen molar-refractivity contribution in [3.8, 4) is 5.82 Å². The number of aryl methyl sites for hydroxylation is 1. The minimum Gasteiger partial charge on any atom is -0.451 e. The van der Waals surface area contributed by atoms with Crippen molar-refractivity contribution in [1.82, 2.24) is 20.1 Å². The molecule has 130 valence electrons. The fourth-order valence-corrected chi connectivity index (χ4v) is 3.09. The average molecular weight is 411 g/mol. The van der Waals surface area contributed by atoms with Gasteiger partial charge in [-0.3, -0.25) is 4.79 Å². The van der Waals surface area contributed by atoms with Crippen LogP contribution in [0, 0.1) is 6.92 Å². The Morgan fingerprint density at radius 2 is 2.19 bits per heavy atom. The Bertz CT molecular complexity index is 1070. The van der Waals surface area contributed by atoms with Gasteiger partial charge in [0.05, 0.1) is 0 Å². The lowest BCUT2D eigenvalue weighted by atomic mass is 10.1. The number of pyridine rings is 1. The number of hydrogen-bond donors (Lipinski definition) is 1. The van der Waals surface area contributed by atoms with E-state index in [4.69, 9.17) is 4.42 Å². The maximum absolute atomic E-state index is 12.5. The summed E-state index contributed by atoms with van der Waals surface area (Å²) < 4.78 is 8.34. The first-order chi connectivity index (χ1) is 12.6. The standard InChI is InChI=1S/C19H15BrN4O2/c1-12-15-9-14(20)4-5-16(15)26-18(12)19(25)22-11-13-3-6-17(21-10-13)24-8-2-7-23-24/h2-10H,11H2,1H3,(H,22,25). The summed E-state index contributed by atoms with van der Waals surface area (Å²) in [4.78, 5) is 16.9. The lowest BCUT2D eigenvalue weighted by Gasteiger charge is -2.05. The lowest BCUT2D eigenvalue weighted by molar-refractivity contribution is 0.0924. The first-order valence-corrected chi connectivity index (χ1v) is 8.83. The van der Waals surface area contributed by atoms with Gasteiger partial charge in [-0.15, -0.1) is 0 Å². The summed E-state index contributed by atoms with van der Waals surface area (Å²) in [5.41, 5.74) is 2.41. The van der Waals surface area contributed by atoms with Gasteiger partial charge in [-0.2, -0.15) is 5.10 Å². The Morgan fingerprint density at radius 1 is 1.31 bits per heavy atom. The number of hydrogen-bond acceptors (Lipinski definition) is 4. The normalized spacial score (nSPS) is 11.0. The molecule has 0 aliphatic rings. The number of halogens is 1. The first kappa shape index (κ1) is 16.5. The second kappa shape index (κ2) is 6.76. The first-order valence-electron chi connectivity index (χ1n) is 8.03. The minimum absolute atomic E-state index is 0.244. The predicted octanol–water partition coefficient (Wildman–Crippen LogP) is 4.01. The highest BCUT2D eigenvalue weighted by atomic mass is 79.9. The second-order valence-corrected chi connectivity index (χ2v) is 6.77. The van der Waals surface area contributed by atoms with Gasteiger partial charge < -0.3 is 9.73 Å². The van der Waals surface area contributed by atoms with E-state index >= 15 is 0 Å². The highest BCUT2D eigenvalue weighted by Gasteiger charge is 2.17. The number of amides is 1. The smallest absolute Gasteiger partial charge is 0.287 e. The van der Waals surface area contributed by atoms with Crippen molar-refractivity contribution in [2.75, 3.05) is 0 Å². The zero-order valence-electron chi connectivity index (χ0n) is 13.9. The maximum Gasteiger partial charge on any atom is 0.287 e. The summed E-state index contributed by atoms with van der Waals surface area (Å²) in [6.45, 7) is 2.25. The van der Waals surface area contributed by atoms with Crippen molar-refractivity contribution in [2.24, 2.45) is 0 Å². The Hall–Kier alpha value is -2.93. The highest BCUT2D eigenvalue weighted by molar-refractivity contribution is 9.10. The third-order valence-electron chi connectivity index (χ3n) is 4.11. The number of aromatic nitrogens is 3. The van der Waals surface area contributed by atoms with E-state index in [1.54, 1.807) is 17.1 Å². The lowest BCUT2D eigenvalue weighted by Crippen LogP contribution is -2.23. The molecule has 1 aromatic carbocycles. The van der Waals surface area contributed by atoms with Crippen LogP contribution in [0.15, 0.2) is 63.9 Å². The molecule has 3 aromatic heterocycles. The quantitative estimate of drug-likeness (QED) is 0.551. The molecule has 0 fully saturated rings. The van der Waals surface area contributed by atoms with Gasteiger partial charge in [0.1, 0.15) is 5.58 Å². The number of fused-ring (bicyclic) bond motifs is 1. The molecule has 0 saturated heterocycles. The molecule has 3 heterocycles. The Morgan fingerprint density at radius 3 is 2.92 bits per heavy atom. The van der Waals surface area contributed by atoms with Crippen LogP contribution in [0.1, 0.15) is 21.7 Å². The Kier molecular flexibility index (Phi) is 4.30. The van der Waals surface area contributed by atoms with E-state index in [1.807, 2.05) is 49.5 Å². The van der Waals surface area contributed by atoms with Crippen LogP contribution in [0.25, 0.3) is 16.8 Å². The van der Waals surface area contributed by atoms with Crippen LogP contribution >= 0.6 is 15.9 Å². The van der Waals surface area contributed by atoms with E-state index in [1.165, 1.54) is 0 Å². The van der Waals surface area contributed by atoms with Gasteiger partial charge in [0, 0.05) is 40.6 Å². The number of rotatable bonds is 4. The molecule has 26 heavy (non-hydrogen) atoms. The van der Waals surface area contributed by atoms with Crippen LogP contribution in [0.4, 0.5) is 0 Å². The summed E-state index contributed by atoms with van der Waals surface area (Å²) >= 11 is 3.44. The molecule has 0 aliphatic carbocycles. The molecule has 4 rings (SSSR count). The summed E-state index contributed by atoms with van der Waals surface area (Å²) in [6, 6.07) is 11.3. The predicted molar refractivity (Wildman–Crippen MR) is 101 cm³/mol. The largest absolute Gasteiger partial charge is 0.451 e. The zero-order valence-corrected chi connectivity index (χ0v) is 15.5. The molecule has 6 nitrogen and oxygen atoms in total. The average Bonchev–Trinajstić information content (AvgIpc) is 3.29. The van der Waals surface area contributed by atoms with E-state index in [0.29, 0.717) is 17.9 Å². The molecule has 1 N–H and O–H groups in total. The molecule has 0 aliphatic heterocycles. The van der Waals surface area contributed by atoms with Gasteiger partial charge in [0.15, 0.2) is 11.6 Å². The van der Waals surface area contributed by atoms with Crippen molar-refractivity contribution in [2.45, 2.75) is 13.5 Å². The van der Waals surface area contributed by atoms with Crippen molar-refractivity contribution < 1.29 is 9.21 Å². The van der Waals surface area contributed by atoms with E-state index < -0.39 is 0 Å². The van der Waals surface area contributed by atoms with E-state index in [-0.39, 0.29) is 5.91 Å². The third-order valence-corrected chi connectivity index (χ3v) is 4.60. The van der Waals surface area contributed by atoms with Crippen LogP contribution in [0.5, 0.6) is 0 Å². The van der Waals surface area contributed by atoms with Crippen LogP contribution < -0.4 is 5.32 Å². The SMILES string of the molecule is Cc1c(C(=O)NCc2ccc(-n3cccn3)nc2)oc2ccc(Br)cc12. The van der Waals surface area contributed by atoms with Crippen molar-refractivity contribution >= 4 is 32.8 Å². The number of carbonyl (C=O) groups excluding carboxylic acids is 1. The molecule has 1 amide bonds. The molecule has 7 heteroatoms. The van der Waals surface area contributed by atoms with E-state index in [0.717, 1.165) is 26.8 Å². The van der Waals surface area contributed by atoms with Crippen LogP contribution in [0.2, 0.25) is 0 Å². The number of nitrogens with zero attached hydrogens (tertiary/aromatic N) is 3. The molecule has 0 atom stereocenters. The van der Waals surface area contributed by atoms with Gasteiger partial charge in [-0.25, -0.2) is 9.67 Å². The molecule has 0 spiro atoms. The number of carbonyl (C=O) groups is 1. The Balaban J connectivity index is 1.48.